The van der Waals surface area contributed by atoms with Crippen LogP contribution in [0.4, 0.5) is 0 Å². The van der Waals surface area contributed by atoms with E-state index in [0.29, 0.717) is 5.69 Å². The molecule has 20 heavy (non-hydrogen) atoms. The van der Waals surface area contributed by atoms with Gasteiger partial charge < -0.3 is 5.73 Å². The lowest BCUT2D eigenvalue weighted by Crippen LogP contribution is -2.13. The Balaban J connectivity index is 1.98. The van der Waals surface area contributed by atoms with Crippen molar-refractivity contribution in [2.75, 3.05) is 0 Å². The summed E-state index contributed by atoms with van der Waals surface area (Å²) in [5.74, 6) is -0.0495. The Hall–Kier alpha value is -3.02. The van der Waals surface area contributed by atoms with Crippen molar-refractivity contribution in [2.45, 2.75) is 0 Å². The van der Waals surface area contributed by atoms with Crippen molar-refractivity contribution in [2.24, 2.45) is 5.73 Å². The number of nitrogens with zero attached hydrogens (tertiary/aromatic N) is 4. The number of hydrogen-bond donors (Lipinski definition) is 2. The van der Waals surface area contributed by atoms with Gasteiger partial charge in [-0.3, -0.25) is 10.4 Å². The average Bonchev–Trinajstić information content (AvgIpc) is 2.98. The van der Waals surface area contributed by atoms with Gasteiger partial charge in [0.2, 0.25) is 0 Å². The summed E-state index contributed by atoms with van der Waals surface area (Å²) >= 11 is 0. The zero-order valence-corrected chi connectivity index (χ0v) is 10.6. The van der Waals surface area contributed by atoms with Crippen LogP contribution >= 0.6 is 0 Å². The molecular weight excluding hydrogens is 252 g/mol. The fourth-order valence-electron chi connectivity index (χ4n) is 1.83. The van der Waals surface area contributed by atoms with Gasteiger partial charge in [-0.1, -0.05) is 6.07 Å². The van der Waals surface area contributed by atoms with Crippen molar-refractivity contribution in [3.8, 4) is 16.9 Å². The quantitative estimate of drug-likeness (QED) is 0.555. The van der Waals surface area contributed by atoms with Crippen molar-refractivity contribution in [1.82, 2.24) is 19.7 Å². The topological polar surface area (TPSA) is 93.5 Å². The lowest BCUT2D eigenvalue weighted by atomic mass is 10.2. The Bertz CT molecular complexity index is 747. The predicted octanol–water partition coefficient (Wildman–Crippen LogP) is 1.61. The van der Waals surface area contributed by atoms with Gasteiger partial charge in [0.1, 0.15) is 11.5 Å². The van der Waals surface area contributed by atoms with Crippen LogP contribution in [-0.4, -0.2) is 25.6 Å². The van der Waals surface area contributed by atoms with Crippen LogP contribution in [0.1, 0.15) is 5.69 Å². The van der Waals surface area contributed by atoms with E-state index in [4.69, 9.17) is 11.1 Å². The summed E-state index contributed by atoms with van der Waals surface area (Å²) in [6.45, 7) is 0. The largest absolute Gasteiger partial charge is 0.382 e. The number of hydrogen-bond acceptors (Lipinski definition) is 4. The summed E-state index contributed by atoms with van der Waals surface area (Å²) in [4.78, 5) is 8.39. The molecule has 3 heterocycles. The molecule has 0 spiro atoms. The first kappa shape index (κ1) is 12.0. The van der Waals surface area contributed by atoms with Crippen LogP contribution in [0, 0.1) is 5.41 Å². The van der Waals surface area contributed by atoms with Crippen molar-refractivity contribution >= 4 is 5.84 Å². The number of nitrogen functional groups attached to an aromatic ring is 1. The van der Waals surface area contributed by atoms with Gasteiger partial charge in [-0.2, -0.15) is 5.10 Å². The SMILES string of the molecule is N=C(N)c1cccc(-c2cnn(-c3cccnc3)c2)n1. The van der Waals surface area contributed by atoms with Crippen molar-refractivity contribution in [3.63, 3.8) is 0 Å². The minimum absolute atomic E-state index is 0.0495. The average molecular weight is 264 g/mol. The molecule has 0 aromatic carbocycles. The lowest BCUT2D eigenvalue weighted by molar-refractivity contribution is 0.874. The van der Waals surface area contributed by atoms with Gasteiger partial charge in [0.15, 0.2) is 0 Å². The van der Waals surface area contributed by atoms with E-state index >= 15 is 0 Å². The molecule has 0 radical (unpaired) electrons. The van der Waals surface area contributed by atoms with Crippen molar-refractivity contribution in [3.05, 3.63) is 60.8 Å². The summed E-state index contributed by atoms with van der Waals surface area (Å²) < 4.78 is 1.73. The van der Waals surface area contributed by atoms with Crippen LogP contribution in [0.2, 0.25) is 0 Å². The lowest BCUT2D eigenvalue weighted by Gasteiger charge is -2.01. The minimum atomic E-state index is -0.0495. The third-order valence-corrected chi connectivity index (χ3v) is 2.81. The summed E-state index contributed by atoms with van der Waals surface area (Å²) in [6, 6.07) is 9.16. The van der Waals surface area contributed by atoms with Crippen molar-refractivity contribution < 1.29 is 0 Å². The molecule has 0 bridgehead atoms. The maximum atomic E-state index is 7.42. The molecule has 3 N–H and O–H groups in total. The second-order valence-electron chi connectivity index (χ2n) is 4.21. The molecule has 0 amide bonds. The molecule has 0 saturated carbocycles. The summed E-state index contributed by atoms with van der Waals surface area (Å²) in [5.41, 5.74) is 8.37. The molecule has 6 nitrogen and oxygen atoms in total. The molecule has 3 aromatic rings. The standard InChI is InChI=1S/C14H12N6/c15-14(16)13-5-1-4-12(19-13)10-7-18-20(9-10)11-3-2-6-17-8-11/h1-9H,(H3,15,16). The first-order chi connectivity index (χ1) is 9.74. The highest BCUT2D eigenvalue weighted by molar-refractivity contribution is 5.93. The van der Waals surface area contributed by atoms with E-state index in [1.807, 2.05) is 30.5 Å². The maximum Gasteiger partial charge on any atom is 0.141 e. The molecule has 0 saturated heterocycles. The third kappa shape index (κ3) is 2.26. The number of nitrogens with one attached hydrogen (secondary N) is 1. The third-order valence-electron chi connectivity index (χ3n) is 2.81. The number of nitrogens with two attached hydrogens (primary N) is 1. The number of pyridine rings is 2. The van der Waals surface area contributed by atoms with Gasteiger partial charge in [-0.15, -0.1) is 0 Å². The van der Waals surface area contributed by atoms with Crippen LogP contribution in [0.5, 0.6) is 0 Å². The molecule has 0 aliphatic carbocycles. The van der Waals surface area contributed by atoms with E-state index in [1.54, 1.807) is 29.3 Å². The van der Waals surface area contributed by atoms with Gasteiger partial charge in [-0.25, -0.2) is 9.67 Å². The monoisotopic (exact) mass is 264 g/mol. The van der Waals surface area contributed by atoms with E-state index in [0.717, 1.165) is 16.9 Å². The highest BCUT2D eigenvalue weighted by Crippen LogP contribution is 2.18. The van der Waals surface area contributed by atoms with E-state index < -0.39 is 0 Å². The highest BCUT2D eigenvalue weighted by Gasteiger charge is 2.06. The van der Waals surface area contributed by atoms with Crippen LogP contribution in [0.25, 0.3) is 16.9 Å². The Morgan fingerprint density at radius 2 is 2.05 bits per heavy atom. The highest BCUT2D eigenvalue weighted by atomic mass is 15.3. The Morgan fingerprint density at radius 1 is 1.15 bits per heavy atom. The van der Waals surface area contributed by atoms with Gasteiger partial charge in [-0.05, 0) is 24.3 Å². The van der Waals surface area contributed by atoms with Crippen LogP contribution in [0.15, 0.2) is 55.1 Å². The van der Waals surface area contributed by atoms with Gasteiger partial charge in [0.05, 0.1) is 23.8 Å². The van der Waals surface area contributed by atoms with Crippen molar-refractivity contribution in [1.29, 1.82) is 5.41 Å². The minimum Gasteiger partial charge on any atom is -0.382 e. The summed E-state index contributed by atoms with van der Waals surface area (Å²) in [6.07, 6.45) is 7.03. The number of rotatable bonds is 3. The first-order valence-electron chi connectivity index (χ1n) is 6.01. The van der Waals surface area contributed by atoms with Gasteiger partial charge >= 0.3 is 0 Å². The summed E-state index contributed by atoms with van der Waals surface area (Å²) in [7, 11) is 0. The van der Waals surface area contributed by atoms with Crippen LogP contribution < -0.4 is 5.73 Å². The fraction of sp³-hybridized carbons (Fsp3) is 0. The number of amidine groups is 1. The molecule has 0 atom stereocenters. The molecular formula is C14H12N6. The molecule has 3 aromatic heterocycles. The van der Waals surface area contributed by atoms with E-state index in [1.165, 1.54) is 0 Å². The first-order valence-corrected chi connectivity index (χ1v) is 6.01. The molecule has 0 aliphatic rings. The Labute approximate surface area is 115 Å². The van der Waals surface area contributed by atoms with Crippen LogP contribution in [0.3, 0.4) is 0 Å². The molecule has 0 fully saturated rings. The number of aromatic nitrogens is 4. The van der Waals surface area contributed by atoms with E-state index in [9.17, 15) is 0 Å². The van der Waals surface area contributed by atoms with Gasteiger partial charge in [0, 0.05) is 18.0 Å². The Kier molecular flexibility index (Phi) is 2.96. The molecule has 3 rings (SSSR count). The second-order valence-corrected chi connectivity index (χ2v) is 4.21. The molecule has 0 aliphatic heterocycles. The van der Waals surface area contributed by atoms with Crippen LogP contribution in [-0.2, 0) is 0 Å². The summed E-state index contributed by atoms with van der Waals surface area (Å²) in [5, 5.41) is 11.7. The predicted molar refractivity (Wildman–Crippen MR) is 75.6 cm³/mol. The van der Waals surface area contributed by atoms with Gasteiger partial charge in [0.25, 0.3) is 0 Å². The Morgan fingerprint density at radius 3 is 2.80 bits per heavy atom. The maximum absolute atomic E-state index is 7.42. The normalized spacial score (nSPS) is 10.4. The van der Waals surface area contributed by atoms with E-state index in [-0.39, 0.29) is 5.84 Å². The van der Waals surface area contributed by atoms with E-state index in [2.05, 4.69) is 15.1 Å². The molecule has 98 valence electrons. The zero-order valence-electron chi connectivity index (χ0n) is 10.6. The zero-order chi connectivity index (χ0) is 13.9. The molecule has 6 heteroatoms. The molecule has 0 unspecified atom stereocenters. The second kappa shape index (κ2) is 4.93. The fourth-order valence-corrected chi connectivity index (χ4v) is 1.83. The smallest absolute Gasteiger partial charge is 0.141 e.